The molecule has 4 nitrogen and oxygen atoms in total. The number of nitrogens with zero attached hydrogens (tertiary/aromatic N) is 2. The molecular weight excluding hydrogens is 324 g/mol. The second-order valence-electron chi connectivity index (χ2n) is 7.40. The van der Waals surface area contributed by atoms with E-state index in [0.29, 0.717) is 5.57 Å². The van der Waals surface area contributed by atoms with E-state index >= 15 is 0 Å². The summed E-state index contributed by atoms with van der Waals surface area (Å²) >= 11 is 0. The summed E-state index contributed by atoms with van der Waals surface area (Å²) in [4.78, 5) is 14.8. The molecule has 0 aromatic carbocycles. The number of carbonyl (C=O) groups is 1. The van der Waals surface area contributed by atoms with Crippen molar-refractivity contribution in [3.8, 4) is 0 Å². The van der Waals surface area contributed by atoms with Crippen LogP contribution >= 0.6 is 0 Å². The Labute approximate surface area is 156 Å². The van der Waals surface area contributed by atoms with E-state index < -0.39 is 5.97 Å². The van der Waals surface area contributed by atoms with E-state index in [0.717, 1.165) is 12.0 Å². The quantitative estimate of drug-likeness (QED) is 0.551. The number of imidazole rings is 1. The zero-order chi connectivity index (χ0) is 19.2. The molecule has 2 rings (SSSR count). The van der Waals surface area contributed by atoms with Crippen LogP contribution in [0.1, 0.15) is 47.0 Å². The summed E-state index contributed by atoms with van der Waals surface area (Å²) in [6, 6.07) is 0. The number of hydrogen-bond acceptors (Lipinski definition) is 2. The molecule has 0 amide bonds. The van der Waals surface area contributed by atoms with E-state index in [1.807, 2.05) is 37.8 Å². The first kappa shape index (κ1) is 19.7. The van der Waals surface area contributed by atoms with E-state index in [2.05, 4.69) is 35.6 Å². The minimum absolute atomic E-state index is 0.130. The van der Waals surface area contributed by atoms with Crippen LogP contribution in [0.25, 0.3) is 5.70 Å². The highest BCUT2D eigenvalue weighted by Gasteiger charge is 2.28. The van der Waals surface area contributed by atoms with Crippen LogP contribution in [-0.2, 0) is 4.79 Å². The van der Waals surface area contributed by atoms with Crippen molar-refractivity contribution in [2.45, 2.75) is 47.0 Å². The number of rotatable bonds is 6. The minimum atomic E-state index is -0.925. The first-order valence-corrected chi connectivity index (χ1v) is 8.96. The highest BCUT2D eigenvalue weighted by molar-refractivity contribution is 5.81. The van der Waals surface area contributed by atoms with Crippen LogP contribution in [0, 0.1) is 5.41 Å². The fourth-order valence-corrected chi connectivity index (χ4v) is 3.23. The molecule has 0 radical (unpaired) electrons. The Balaban J connectivity index is 2.23. The molecule has 1 aromatic heterocycles. The van der Waals surface area contributed by atoms with Gasteiger partial charge in [0, 0.05) is 24.2 Å². The summed E-state index contributed by atoms with van der Waals surface area (Å²) in [5.41, 5.74) is 4.62. The lowest BCUT2D eigenvalue weighted by atomic mass is 9.74. The van der Waals surface area contributed by atoms with Gasteiger partial charge in [-0.2, -0.15) is 0 Å². The Morgan fingerprint density at radius 1 is 1.27 bits per heavy atom. The van der Waals surface area contributed by atoms with Crippen molar-refractivity contribution in [1.29, 1.82) is 0 Å². The van der Waals surface area contributed by atoms with Gasteiger partial charge in [0.15, 0.2) is 0 Å². The zero-order valence-electron chi connectivity index (χ0n) is 16.1. The van der Waals surface area contributed by atoms with Crippen molar-refractivity contribution in [1.82, 2.24) is 9.55 Å². The maximum atomic E-state index is 10.6. The van der Waals surface area contributed by atoms with Gasteiger partial charge >= 0.3 is 5.97 Å². The lowest BCUT2D eigenvalue weighted by molar-refractivity contribution is -0.131. The fourth-order valence-electron chi connectivity index (χ4n) is 3.23. The lowest BCUT2D eigenvalue weighted by Crippen LogP contribution is -2.21. The van der Waals surface area contributed by atoms with Crippen LogP contribution in [0.2, 0.25) is 0 Å². The molecular formula is C22H28N2O2. The van der Waals surface area contributed by atoms with Crippen molar-refractivity contribution in [2.24, 2.45) is 5.41 Å². The van der Waals surface area contributed by atoms with Gasteiger partial charge in [-0.1, -0.05) is 49.8 Å². The van der Waals surface area contributed by atoms with Crippen molar-refractivity contribution < 1.29 is 9.90 Å². The Bertz CT molecular complexity index is 788. The first-order valence-electron chi connectivity index (χ1n) is 8.96. The molecule has 1 aliphatic rings. The third-order valence-corrected chi connectivity index (χ3v) is 4.65. The van der Waals surface area contributed by atoms with Gasteiger partial charge in [-0.05, 0) is 49.7 Å². The topological polar surface area (TPSA) is 55.1 Å². The molecule has 1 aromatic rings. The summed E-state index contributed by atoms with van der Waals surface area (Å²) in [7, 11) is 0. The SMILES string of the molecule is CC(/C=C/C1=C(n2ccnc2)CCCC1(C)C)=C\C=C\C(C)=C\C(=O)O. The number of aliphatic carboxylic acids is 1. The van der Waals surface area contributed by atoms with Gasteiger partial charge in [0.1, 0.15) is 0 Å². The van der Waals surface area contributed by atoms with Crippen molar-refractivity contribution >= 4 is 11.7 Å². The minimum Gasteiger partial charge on any atom is -0.478 e. The van der Waals surface area contributed by atoms with E-state index in [4.69, 9.17) is 5.11 Å². The smallest absolute Gasteiger partial charge is 0.328 e. The van der Waals surface area contributed by atoms with E-state index in [-0.39, 0.29) is 5.41 Å². The Morgan fingerprint density at radius 3 is 2.69 bits per heavy atom. The molecule has 138 valence electrons. The van der Waals surface area contributed by atoms with Crippen LogP contribution in [0.15, 0.2) is 71.9 Å². The standard InChI is InChI=1S/C22H28N2O2/c1-17(7-5-8-18(2)15-21(25)26)10-11-19-20(24-14-13-23-16-24)9-6-12-22(19,3)4/h5,7-8,10-11,13-16H,6,9,12H2,1-4H3,(H,25,26)/b8-5+,11-10+,17-7+,18-15+. The van der Waals surface area contributed by atoms with Crippen LogP contribution < -0.4 is 0 Å². The van der Waals surface area contributed by atoms with E-state index in [1.165, 1.54) is 30.2 Å². The first-order chi connectivity index (χ1) is 12.3. The van der Waals surface area contributed by atoms with Crippen LogP contribution in [0.4, 0.5) is 0 Å². The summed E-state index contributed by atoms with van der Waals surface area (Å²) < 4.78 is 2.12. The average Bonchev–Trinajstić information content (AvgIpc) is 3.06. The van der Waals surface area contributed by atoms with Crippen LogP contribution in [0.3, 0.4) is 0 Å². The number of aromatic nitrogens is 2. The molecule has 26 heavy (non-hydrogen) atoms. The molecule has 4 heteroatoms. The highest BCUT2D eigenvalue weighted by Crippen LogP contribution is 2.42. The molecule has 0 bridgehead atoms. The monoisotopic (exact) mass is 352 g/mol. The van der Waals surface area contributed by atoms with E-state index in [1.54, 1.807) is 13.0 Å². The molecule has 0 saturated heterocycles. The van der Waals surface area contributed by atoms with Crippen molar-refractivity contribution in [3.05, 3.63) is 71.9 Å². The molecule has 0 atom stereocenters. The van der Waals surface area contributed by atoms with Crippen LogP contribution in [0.5, 0.6) is 0 Å². The predicted molar refractivity (Wildman–Crippen MR) is 107 cm³/mol. The lowest BCUT2D eigenvalue weighted by Gasteiger charge is -2.34. The van der Waals surface area contributed by atoms with Gasteiger partial charge in [-0.15, -0.1) is 0 Å². The molecule has 0 unspecified atom stereocenters. The molecule has 0 saturated carbocycles. The molecule has 1 N–H and O–H groups in total. The molecule has 0 fully saturated rings. The number of carboxylic acids is 1. The Morgan fingerprint density at radius 2 is 2.04 bits per heavy atom. The average molecular weight is 352 g/mol. The van der Waals surface area contributed by atoms with Crippen molar-refractivity contribution in [2.75, 3.05) is 0 Å². The highest BCUT2D eigenvalue weighted by atomic mass is 16.4. The fraction of sp³-hybridized carbons (Fsp3) is 0.364. The zero-order valence-corrected chi connectivity index (χ0v) is 16.1. The summed E-state index contributed by atoms with van der Waals surface area (Å²) in [5.74, 6) is -0.925. The number of allylic oxidation sites excluding steroid dienone is 9. The Kier molecular flexibility index (Phi) is 6.56. The molecule has 1 heterocycles. The van der Waals surface area contributed by atoms with Gasteiger partial charge in [0.05, 0.1) is 6.33 Å². The summed E-state index contributed by atoms with van der Waals surface area (Å²) in [6.45, 7) is 8.41. The third-order valence-electron chi connectivity index (χ3n) is 4.65. The largest absolute Gasteiger partial charge is 0.478 e. The molecule has 1 aliphatic carbocycles. The maximum absolute atomic E-state index is 10.6. The second kappa shape index (κ2) is 8.65. The van der Waals surface area contributed by atoms with Gasteiger partial charge in [-0.3, -0.25) is 0 Å². The Hall–Kier alpha value is -2.62. The van der Waals surface area contributed by atoms with Crippen LogP contribution in [-0.4, -0.2) is 20.6 Å². The van der Waals surface area contributed by atoms with Gasteiger partial charge in [0.2, 0.25) is 0 Å². The number of hydrogen-bond donors (Lipinski definition) is 1. The summed E-state index contributed by atoms with van der Waals surface area (Å²) in [6.07, 6.45) is 20.3. The van der Waals surface area contributed by atoms with Gasteiger partial charge in [0.25, 0.3) is 0 Å². The molecule has 0 aliphatic heterocycles. The molecule has 0 spiro atoms. The van der Waals surface area contributed by atoms with Gasteiger partial charge < -0.3 is 9.67 Å². The second-order valence-corrected chi connectivity index (χ2v) is 7.40. The summed E-state index contributed by atoms with van der Waals surface area (Å²) in [5, 5.41) is 8.72. The maximum Gasteiger partial charge on any atom is 0.328 e. The third kappa shape index (κ3) is 5.45. The van der Waals surface area contributed by atoms with Crippen molar-refractivity contribution in [3.63, 3.8) is 0 Å². The van der Waals surface area contributed by atoms with E-state index in [9.17, 15) is 4.79 Å². The normalized spacial score (nSPS) is 18.9. The number of carboxylic acid groups (broad SMARTS) is 1. The predicted octanol–water partition coefficient (Wildman–Crippen LogP) is 5.39. The van der Waals surface area contributed by atoms with Gasteiger partial charge in [-0.25, -0.2) is 9.78 Å².